The predicted molar refractivity (Wildman–Crippen MR) is 77.4 cm³/mol. The van der Waals surface area contributed by atoms with Crippen molar-refractivity contribution in [1.82, 2.24) is 0 Å². The van der Waals surface area contributed by atoms with Gasteiger partial charge in [0.25, 0.3) is 0 Å². The molecule has 0 aliphatic heterocycles. The topological polar surface area (TPSA) is 20.2 Å². The van der Waals surface area contributed by atoms with E-state index in [-0.39, 0.29) is 6.61 Å². The van der Waals surface area contributed by atoms with Crippen LogP contribution in [-0.2, 0) is 6.61 Å². The summed E-state index contributed by atoms with van der Waals surface area (Å²) in [5.74, 6) is 0. The van der Waals surface area contributed by atoms with Gasteiger partial charge in [-0.1, -0.05) is 47.1 Å². The summed E-state index contributed by atoms with van der Waals surface area (Å²) in [4.78, 5) is 2.22. The lowest BCUT2D eigenvalue weighted by Gasteiger charge is -2.09. The number of hydrogen-bond donors (Lipinski definition) is 1. The molecule has 0 heterocycles. The molecule has 0 spiro atoms. The van der Waals surface area contributed by atoms with Crippen molar-refractivity contribution in [2.45, 2.75) is 30.2 Å². The summed E-state index contributed by atoms with van der Waals surface area (Å²) >= 11 is 7.86. The summed E-state index contributed by atoms with van der Waals surface area (Å²) in [6.07, 6.45) is 0. The smallest absolute Gasteiger partial charge is 0.0682 e. The van der Waals surface area contributed by atoms with E-state index >= 15 is 0 Å². The first-order valence-electron chi connectivity index (χ1n) is 5.74. The van der Waals surface area contributed by atoms with Crippen LogP contribution in [0.2, 0.25) is 5.02 Å². The molecule has 18 heavy (non-hydrogen) atoms. The number of rotatable bonds is 3. The van der Waals surface area contributed by atoms with Gasteiger partial charge in [-0.3, -0.25) is 0 Å². The SMILES string of the molecule is Cc1ccc(Sc2ccc(CO)cc2Cl)c(C)c1. The van der Waals surface area contributed by atoms with Crippen LogP contribution in [0.25, 0.3) is 0 Å². The lowest BCUT2D eigenvalue weighted by atomic mass is 10.2. The van der Waals surface area contributed by atoms with Crippen LogP contribution in [0.1, 0.15) is 16.7 Å². The maximum Gasteiger partial charge on any atom is 0.0682 e. The van der Waals surface area contributed by atoms with Gasteiger partial charge in [-0.05, 0) is 43.2 Å². The van der Waals surface area contributed by atoms with Crippen LogP contribution in [0.5, 0.6) is 0 Å². The fourth-order valence-electron chi connectivity index (χ4n) is 1.76. The predicted octanol–water partition coefficient (Wildman–Crippen LogP) is 4.60. The molecule has 1 N–H and O–H groups in total. The minimum absolute atomic E-state index is 0.0220. The maximum absolute atomic E-state index is 9.05. The van der Waals surface area contributed by atoms with Crippen molar-refractivity contribution in [1.29, 1.82) is 0 Å². The van der Waals surface area contributed by atoms with Crippen LogP contribution in [0.4, 0.5) is 0 Å². The molecule has 0 radical (unpaired) electrons. The molecule has 0 bridgehead atoms. The number of aliphatic hydroxyl groups is 1. The van der Waals surface area contributed by atoms with E-state index < -0.39 is 0 Å². The molecular weight excluding hydrogens is 264 g/mol. The zero-order valence-corrected chi connectivity index (χ0v) is 12.0. The molecule has 2 rings (SSSR count). The molecule has 2 aromatic carbocycles. The normalized spacial score (nSPS) is 10.7. The van der Waals surface area contributed by atoms with Gasteiger partial charge in [0.05, 0.1) is 11.6 Å². The molecule has 0 unspecified atom stereocenters. The van der Waals surface area contributed by atoms with Gasteiger partial charge in [-0.2, -0.15) is 0 Å². The van der Waals surface area contributed by atoms with E-state index in [4.69, 9.17) is 16.7 Å². The molecular formula is C15H15ClOS. The van der Waals surface area contributed by atoms with E-state index in [0.29, 0.717) is 5.02 Å². The van der Waals surface area contributed by atoms with E-state index in [1.54, 1.807) is 11.8 Å². The first-order valence-corrected chi connectivity index (χ1v) is 6.94. The van der Waals surface area contributed by atoms with Crippen molar-refractivity contribution < 1.29 is 5.11 Å². The summed E-state index contributed by atoms with van der Waals surface area (Å²) < 4.78 is 0. The van der Waals surface area contributed by atoms with Crippen LogP contribution in [-0.4, -0.2) is 5.11 Å². The number of halogens is 1. The van der Waals surface area contributed by atoms with Crippen molar-refractivity contribution in [3.8, 4) is 0 Å². The van der Waals surface area contributed by atoms with Gasteiger partial charge in [0.15, 0.2) is 0 Å². The highest BCUT2D eigenvalue weighted by molar-refractivity contribution is 7.99. The molecule has 94 valence electrons. The van der Waals surface area contributed by atoms with E-state index in [9.17, 15) is 0 Å². The summed E-state index contributed by atoms with van der Waals surface area (Å²) in [6, 6.07) is 12.1. The number of benzene rings is 2. The number of aliphatic hydroxyl groups excluding tert-OH is 1. The third-order valence-corrected chi connectivity index (χ3v) is 4.41. The van der Waals surface area contributed by atoms with Gasteiger partial charge in [0.1, 0.15) is 0 Å². The van der Waals surface area contributed by atoms with E-state index in [2.05, 4.69) is 32.0 Å². The van der Waals surface area contributed by atoms with Crippen LogP contribution in [0.3, 0.4) is 0 Å². The molecule has 1 nitrogen and oxygen atoms in total. The minimum Gasteiger partial charge on any atom is -0.392 e. The Morgan fingerprint density at radius 3 is 2.39 bits per heavy atom. The van der Waals surface area contributed by atoms with Crippen molar-refractivity contribution >= 4 is 23.4 Å². The summed E-state index contributed by atoms with van der Waals surface area (Å²) in [5.41, 5.74) is 3.35. The van der Waals surface area contributed by atoms with Gasteiger partial charge < -0.3 is 5.11 Å². The monoisotopic (exact) mass is 278 g/mol. The largest absolute Gasteiger partial charge is 0.392 e. The van der Waals surface area contributed by atoms with Gasteiger partial charge in [0, 0.05) is 9.79 Å². The highest BCUT2D eigenvalue weighted by Gasteiger charge is 2.06. The third-order valence-electron chi connectivity index (χ3n) is 2.73. The van der Waals surface area contributed by atoms with Crippen molar-refractivity contribution in [2.24, 2.45) is 0 Å². The zero-order chi connectivity index (χ0) is 13.1. The Morgan fingerprint density at radius 2 is 1.78 bits per heavy atom. The lowest BCUT2D eigenvalue weighted by Crippen LogP contribution is -1.85. The Labute approximate surface area is 117 Å². The highest BCUT2D eigenvalue weighted by atomic mass is 35.5. The Morgan fingerprint density at radius 1 is 1.06 bits per heavy atom. The zero-order valence-electron chi connectivity index (χ0n) is 10.4. The molecule has 0 saturated carbocycles. The summed E-state index contributed by atoms with van der Waals surface area (Å²) in [7, 11) is 0. The van der Waals surface area contributed by atoms with E-state index in [0.717, 1.165) is 10.5 Å². The van der Waals surface area contributed by atoms with Crippen LogP contribution in [0.15, 0.2) is 46.2 Å². The molecule has 2 aromatic rings. The molecule has 0 fully saturated rings. The van der Waals surface area contributed by atoms with Gasteiger partial charge in [0.2, 0.25) is 0 Å². The first kappa shape index (κ1) is 13.5. The Balaban J connectivity index is 2.28. The summed E-state index contributed by atoms with van der Waals surface area (Å²) in [5, 5.41) is 9.74. The van der Waals surface area contributed by atoms with Crippen LogP contribution in [0, 0.1) is 13.8 Å². The van der Waals surface area contributed by atoms with Gasteiger partial charge in [-0.15, -0.1) is 0 Å². The molecule has 3 heteroatoms. The fraction of sp³-hybridized carbons (Fsp3) is 0.200. The maximum atomic E-state index is 9.05. The van der Waals surface area contributed by atoms with Crippen molar-refractivity contribution in [2.75, 3.05) is 0 Å². The van der Waals surface area contributed by atoms with E-state index in [1.807, 2.05) is 18.2 Å². The van der Waals surface area contributed by atoms with E-state index in [1.165, 1.54) is 16.0 Å². The van der Waals surface area contributed by atoms with Gasteiger partial charge >= 0.3 is 0 Å². The molecule has 0 amide bonds. The standard InChI is InChI=1S/C15H15ClOS/c1-10-3-5-14(11(2)7-10)18-15-6-4-12(9-17)8-13(15)16/h3-8,17H,9H2,1-2H3. The van der Waals surface area contributed by atoms with Gasteiger partial charge in [-0.25, -0.2) is 0 Å². The average molecular weight is 279 g/mol. The number of aryl methyl sites for hydroxylation is 2. The molecule has 0 aliphatic carbocycles. The third kappa shape index (κ3) is 3.08. The second-order valence-electron chi connectivity index (χ2n) is 4.29. The Bertz CT molecular complexity index is 566. The Kier molecular flexibility index (Phi) is 4.33. The highest BCUT2D eigenvalue weighted by Crippen LogP contribution is 2.35. The fourth-order valence-corrected chi connectivity index (χ4v) is 2.96. The second kappa shape index (κ2) is 5.79. The van der Waals surface area contributed by atoms with Crippen molar-refractivity contribution in [3.63, 3.8) is 0 Å². The first-order chi connectivity index (χ1) is 8.60. The molecule has 0 atom stereocenters. The molecule has 0 aromatic heterocycles. The number of hydrogen-bond acceptors (Lipinski definition) is 2. The molecule has 0 saturated heterocycles. The van der Waals surface area contributed by atoms with Crippen LogP contribution >= 0.6 is 23.4 Å². The summed E-state index contributed by atoms with van der Waals surface area (Å²) in [6.45, 7) is 4.21. The molecule has 0 aliphatic rings. The Hall–Kier alpha value is -0.960. The average Bonchev–Trinajstić information content (AvgIpc) is 2.34. The second-order valence-corrected chi connectivity index (χ2v) is 5.78. The lowest BCUT2D eigenvalue weighted by molar-refractivity contribution is 0.282. The minimum atomic E-state index is 0.0220. The van der Waals surface area contributed by atoms with Crippen molar-refractivity contribution in [3.05, 3.63) is 58.1 Å². The quantitative estimate of drug-likeness (QED) is 0.885. The van der Waals surface area contributed by atoms with Crippen LogP contribution < -0.4 is 0 Å².